The number of rotatable bonds is 6. The second-order valence-corrected chi connectivity index (χ2v) is 8.19. The molecule has 0 aromatic heterocycles. The lowest BCUT2D eigenvalue weighted by atomic mass is 9.72. The van der Waals surface area contributed by atoms with Crippen LogP contribution in [-0.2, 0) is 5.41 Å². The van der Waals surface area contributed by atoms with E-state index < -0.39 is 46.2 Å². The van der Waals surface area contributed by atoms with Crippen molar-refractivity contribution in [3.05, 3.63) is 108 Å². The van der Waals surface area contributed by atoms with E-state index in [0.29, 0.717) is 17.8 Å². The lowest BCUT2D eigenvalue weighted by Gasteiger charge is -2.39. The lowest BCUT2D eigenvalue weighted by molar-refractivity contribution is -0.289. The zero-order valence-electron chi connectivity index (χ0n) is 19.3. The van der Waals surface area contributed by atoms with Crippen molar-refractivity contribution in [2.45, 2.75) is 17.8 Å². The van der Waals surface area contributed by atoms with Crippen molar-refractivity contribution >= 4 is 11.4 Å². The fraction of sp³-hybridized carbons (Fsp3) is 0.111. The van der Waals surface area contributed by atoms with Crippen LogP contribution in [-0.4, -0.2) is 12.4 Å². The van der Waals surface area contributed by atoms with Gasteiger partial charge in [-0.05, 0) is 48.5 Å². The fourth-order valence-electron chi connectivity index (χ4n) is 4.01. The number of alkyl halides is 6. The molecule has 0 fully saturated rings. The van der Waals surface area contributed by atoms with Gasteiger partial charge in [0.25, 0.3) is 0 Å². The van der Waals surface area contributed by atoms with E-state index in [1.807, 2.05) is 0 Å². The van der Waals surface area contributed by atoms with Crippen LogP contribution in [0.3, 0.4) is 0 Å². The Morgan fingerprint density at radius 3 is 1.47 bits per heavy atom. The summed E-state index contributed by atoms with van der Waals surface area (Å²) in [5.41, 5.74) is 3.96. The number of benzene rings is 4. The van der Waals surface area contributed by atoms with Crippen molar-refractivity contribution in [3.63, 3.8) is 0 Å². The Labute approximate surface area is 212 Å². The smallest absolute Gasteiger partial charge is 0.411 e. The van der Waals surface area contributed by atoms with Gasteiger partial charge < -0.3 is 20.9 Å². The highest BCUT2D eigenvalue weighted by Crippen LogP contribution is 2.60. The first-order chi connectivity index (χ1) is 17.8. The second kappa shape index (κ2) is 9.81. The molecule has 4 aromatic rings. The van der Waals surface area contributed by atoms with Gasteiger partial charge in [0.15, 0.2) is 0 Å². The van der Waals surface area contributed by atoms with Crippen LogP contribution in [0.1, 0.15) is 11.1 Å². The zero-order chi connectivity index (χ0) is 27.7. The van der Waals surface area contributed by atoms with E-state index in [-0.39, 0.29) is 17.2 Å². The number of nitrogen functional groups attached to an aromatic ring is 2. The Morgan fingerprint density at radius 2 is 1.00 bits per heavy atom. The number of para-hydroxylation sites is 2. The summed E-state index contributed by atoms with van der Waals surface area (Å²) in [6.45, 7) is 0. The Morgan fingerprint density at radius 1 is 0.553 bits per heavy atom. The summed E-state index contributed by atoms with van der Waals surface area (Å²) in [7, 11) is 0. The summed E-state index contributed by atoms with van der Waals surface area (Å²) in [5, 5.41) is 0. The second-order valence-electron chi connectivity index (χ2n) is 8.19. The number of anilines is 2. The van der Waals surface area contributed by atoms with Crippen LogP contribution >= 0.6 is 0 Å². The molecule has 4 nitrogen and oxygen atoms in total. The van der Waals surface area contributed by atoms with Gasteiger partial charge >= 0.3 is 12.4 Å². The third kappa shape index (κ3) is 4.79. The number of nitrogens with two attached hydrogens (primary N) is 2. The average molecular weight is 536 g/mol. The molecule has 0 aliphatic rings. The fourth-order valence-corrected chi connectivity index (χ4v) is 4.01. The number of ether oxygens (including phenoxy) is 2. The molecule has 0 unspecified atom stereocenters. The van der Waals surface area contributed by atoms with Crippen LogP contribution in [0.4, 0.5) is 42.1 Å². The van der Waals surface area contributed by atoms with Gasteiger partial charge in [0.1, 0.15) is 28.8 Å². The lowest BCUT2D eigenvalue weighted by Crippen LogP contribution is -2.55. The maximum absolute atomic E-state index is 14.9. The molecule has 0 saturated carbocycles. The molecule has 198 valence electrons. The average Bonchev–Trinajstić information content (AvgIpc) is 2.83. The third-order valence-corrected chi connectivity index (χ3v) is 5.74. The van der Waals surface area contributed by atoms with Crippen molar-refractivity contribution < 1.29 is 40.2 Å². The molecule has 0 aliphatic carbocycles. The number of hydrogen-bond donors (Lipinski definition) is 2. The number of halogens is 7. The van der Waals surface area contributed by atoms with Gasteiger partial charge in [-0.3, -0.25) is 0 Å². The third-order valence-electron chi connectivity index (χ3n) is 5.74. The first kappa shape index (κ1) is 26.6. The Bertz CT molecular complexity index is 1420. The standard InChI is InChI=1S/C27H19F7N2O2/c28-21-15-18(13-14-22(21)36)38-24-8-4-2-6-20(24)25(26(29,30)31,27(32,33)34)19-5-1-3-7-23(19)37-17-11-9-16(35)10-12-17/h1-15H,35-36H2. The number of hydrogen-bond acceptors (Lipinski definition) is 4. The summed E-state index contributed by atoms with van der Waals surface area (Å²) < 4.78 is 114. The van der Waals surface area contributed by atoms with Crippen LogP contribution in [0, 0.1) is 5.82 Å². The monoisotopic (exact) mass is 536 g/mol. The molecule has 4 rings (SSSR count). The highest BCUT2D eigenvalue weighted by Gasteiger charge is 2.74. The van der Waals surface area contributed by atoms with Gasteiger partial charge in [-0.25, -0.2) is 4.39 Å². The molecule has 0 spiro atoms. The summed E-state index contributed by atoms with van der Waals surface area (Å²) in [6.07, 6.45) is -11.9. The largest absolute Gasteiger partial charge is 0.457 e. The van der Waals surface area contributed by atoms with Crippen LogP contribution in [0.2, 0.25) is 0 Å². The molecule has 0 atom stereocenters. The molecule has 0 radical (unpaired) electrons. The molecular weight excluding hydrogens is 517 g/mol. The molecule has 4 N–H and O–H groups in total. The molecule has 0 saturated heterocycles. The predicted molar refractivity (Wildman–Crippen MR) is 128 cm³/mol. The van der Waals surface area contributed by atoms with Crippen LogP contribution in [0.5, 0.6) is 23.0 Å². The first-order valence-electron chi connectivity index (χ1n) is 10.9. The van der Waals surface area contributed by atoms with Crippen molar-refractivity contribution in [1.82, 2.24) is 0 Å². The van der Waals surface area contributed by atoms with E-state index in [4.69, 9.17) is 20.9 Å². The Hall–Kier alpha value is -4.41. The summed E-state index contributed by atoms with van der Waals surface area (Å²) in [5.74, 6) is -2.84. The highest BCUT2D eigenvalue weighted by molar-refractivity contribution is 5.57. The van der Waals surface area contributed by atoms with Gasteiger partial charge in [0, 0.05) is 22.9 Å². The topological polar surface area (TPSA) is 70.5 Å². The van der Waals surface area contributed by atoms with Crippen molar-refractivity contribution in [2.75, 3.05) is 11.5 Å². The van der Waals surface area contributed by atoms with E-state index >= 15 is 0 Å². The minimum Gasteiger partial charge on any atom is -0.457 e. The minimum atomic E-state index is -5.93. The Kier molecular flexibility index (Phi) is 6.88. The Balaban J connectivity index is 1.98. The van der Waals surface area contributed by atoms with Crippen molar-refractivity contribution in [2.24, 2.45) is 0 Å². The van der Waals surface area contributed by atoms with Crippen molar-refractivity contribution in [1.29, 1.82) is 0 Å². The quantitative estimate of drug-likeness (QED) is 0.194. The zero-order valence-corrected chi connectivity index (χ0v) is 19.3. The van der Waals surface area contributed by atoms with Crippen LogP contribution < -0.4 is 20.9 Å². The van der Waals surface area contributed by atoms with Gasteiger partial charge in [-0.15, -0.1) is 0 Å². The summed E-state index contributed by atoms with van der Waals surface area (Å²) in [4.78, 5) is 0. The molecule has 0 bridgehead atoms. The first-order valence-corrected chi connectivity index (χ1v) is 10.9. The molecule has 0 aliphatic heterocycles. The van der Waals surface area contributed by atoms with Gasteiger partial charge in [0.2, 0.25) is 5.41 Å². The maximum atomic E-state index is 14.9. The van der Waals surface area contributed by atoms with E-state index in [1.54, 1.807) is 0 Å². The summed E-state index contributed by atoms with van der Waals surface area (Å²) >= 11 is 0. The molecule has 38 heavy (non-hydrogen) atoms. The van der Waals surface area contributed by atoms with Crippen LogP contribution in [0.15, 0.2) is 91.0 Å². The van der Waals surface area contributed by atoms with Gasteiger partial charge in [0.05, 0.1) is 5.69 Å². The SMILES string of the molecule is Nc1ccc(Oc2ccccc2C(c2ccccc2Oc2ccc(N)c(F)c2)(C(F)(F)F)C(F)(F)F)cc1. The van der Waals surface area contributed by atoms with Gasteiger partial charge in [-0.1, -0.05) is 36.4 Å². The highest BCUT2D eigenvalue weighted by atomic mass is 19.4. The molecule has 0 heterocycles. The molecule has 0 amide bonds. The van der Waals surface area contributed by atoms with E-state index in [2.05, 4.69) is 0 Å². The molecule has 4 aromatic carbocycles. The molecular formula is C27H19F7N2O2. The van der Waals surface area contributed by atoms with E-state index in [0.717, 1.165) is 42.5 Å². The van der Waals surface area contributed by atoms with E-state index in [1.165, 1.54) is 36.4 Å². The normalized spacial score (nSPS) is 12.3. The summed E-state index contributed by atoms with van der Waals surface area (Å²) in [6, 6.07) is 16.1. The van der Waals surface area contributed by atoms with Gasteiger partial charge in [-0.2, -0.15) is 26.3 Å². The molecule has 11 heteroatoms. The van der Waals surface area contributed by atoms with E-state index in [9.17, 15) is 30.7 Å². The van der Waals surface area contributed by atoms with Crippen LogP contribution in [0.25, 0.3) is 0 Å². The minimum absolute atomic E-state index is 0.0354. The van der Waals surface area contributed by atoms with Crippen molar-refractivity contribution in [3.8, 4) is 23.0 Å². The maximum Gasteiger partial charge on any atom is 0.411 e. The predicted octanol–water partition coefficient (Wildman–Crippen LogP) is 7.99.